The van der Waals surface area contributed by atoms with E-state index in [1.807, 2.05) is 0 Å². The van der Waals surface area contributed by atoms with Crippen molar-refractivity contribution in [3.05, 3.63) is 34.3 Å². The lowest BCUT2D eigenvalue weighted by atomic mass is 10.1. The Morgan fingerprint density at radius 3 is 2.23 bits per heavy atom. The normalized spacial score (nSPS) is 11.8. The Balaban J connectivity index is 3.29. The molecule has 0 saturated heterocycles. The van der Waals surface area contributed by atoms with Crippen molar-refractivity contribution in [3.63, 3.8) is 0 Å². The smallest absolute Gasteiger partial charge is 0.246 e. The Morgan fingerprint density at radius 2 is 1.85 bits per heavy atom. The van der Waals surface area contributed by atoms with Crippen LogP contribution in [0.3, 0.4) is 0 Å². The first kappa shape index (κ1) is 10.3. The highest BCUT2D eigenvalue weighted by Crippen LogP contribution is 2.35. The molecule has 5 heteroatoms. The molecule has 1 rings (SSSR count). The Bertz CT molecular complexity index is 306. The molecule has 1 aromatic carbocycles. The van der Waals surface area contributed by atoms with E-state index in [9.17, 15) is 17.6 Å². The van der Waals surface area contributed by atoms with Gasteiger partial charge in [0.15, 0.2) is 0 Å². The number of hydrogen-bond donors (Lipinski definition) is 0. The summed E-state index contributed by atoms with van der Waals surface area (Å²) in [5, 5.41) is -0.197. The van der Waals surface area contributed by atoms with Gasteiger partial charge in [0.1, 0.15) is 6.67 Å². The standard InChI is InChI=1S/C8H5ClF4/c9-7-3-1-2-6(5(7)4-10)8(11,12)13/h1-3H,4H2. The Kier molecular flexibility index (Phi) is 2.81. The van der Waals surface area contributed by atoms with Crippen LogP contribution < -0.4 is 0 Å². The second kappa shape index (κ2) is 3.54. The summed E-state index contributed by atoms with van der Waals surface area (Å²) in [7, 11) is 0. The molecular weight excluding hydrogens is 208 g/mol. The minimum atomic E-state index is -4.55. The van der Waals surface area contributed by atoms with E-state index in [-0.39, 0.29) is 5.02 Å². The highest BCUT2D eigenvalue weighted by atomic mass is 35.5. The van der Waals surface area contributed by atoms with Gasteiger partial charge in [0.2, 0.25) is 0 Å². The Labute approximate surface area is 77.1 Å². The lowest BCUT2D eigenvalue weighted by Gasteiger charge is -2.11. The van der Waals surface area contributed by atoms with E-state index < -0.39 is 24.0 Å². The van der Waals surface area contributed by atoms with Gasteiger partial charge in [-0.2, -0.15) is 13.2 Å². The van der Waals surface area contributed by atoms with Gasteiger partial charge in [-0.15, -0.1) is 0 Å². The molecule has 0 bridgehead atoms. The first-order valence-electron chi connectivity index (χ1n) is 3.37. The third kappa shape index (κ3) is 2.12. The van der Waals surface area contributed by atoms with Gasteiger partial charge in [-0.25, -0.2) is 4.39 Å². The van der Waals surface area contributed by atoms with Gasteiger partial charge in [-0.3, -0.25) is 0 Å². The summed E-state index contributed by atoms with van der Waals surface area (Å²) in [6.45, 7) is -1.21. The number of benzene rings is 1. The lowest BCUT2D eigenvalue weighted by Crippen LogP contribution is -2.08. The molecule has 0 spiro atoms. The fraction of sp³-hybridized carbons (Fsp3) is 0.250. The lowest BCUT2D eigenvalue weighted by molar-refractivity contribution is -0.138. The van der Waals surface area contributed by atoms with Gasteiger partial charge in [-0.1, -0.05) is 17.7 Å². The van der Waals surface area contributed by atoms with Gasteiger partial charge in [-0.05, 0) is 12.1 Å². The largest absolute Gasteiger partial charge is 0.416 e. The van der Waals surface area contributed by atoms with Gasteiger partial charge in [0.25, 0.3) is 0 Å². The number of halogens is 5. The molecule has 0 radical (unpaired) electrons. The molecule has 13 heavy (non-hydrogen) atoms. The highest BCUT2D eigenvalue weighted by Gasteiger charge is 2.33. The molecule has 0 aromatic heterocycles. The van der Waals surface area contributed by atoms with E-state index in [4.69, 9.17) is 11.6 Å². The molecule has 0 aliphatic rings. The maximum absolute atomic E-state index is 12.2. The van der Waals surface area contributed by atoms with E-state index in [2.05, 4.69) is 0 Å². The van der Waals surface area contributed by atoms with Gasteiger partial charge in [0.05, 0.1) is 5.56 Å². The van der Waals surface area contributed by atoms with Gasteiger partial charge in [0, 0.05) is 10.6 Å². The molecule has 0 N–H and O–H groups in total. The molecule has 0 unspecified atom stereocenters. The van der Waals surface area contributed by atoms with Crippen molar-refractivity contribution in [2.24, 2.45) is 0 Å². The zero-order valence-electron chi connectivity index (χ0n) is 6.33. The average molecular weight is 213 g/mol. The summed E-state index contributed by atoms with van der Waals surface area (Å²) < 4.78 is 48.8. The van der Waals surface area contributed by atoms with Crippen LogP contribution in [-0.4, -0.2) is 0 Å². The second-order valence-corrected chi connectivity index (χ2v) is 2.80. The van der Waals surface area contributed by atoms with Crippen LogP contribution in [0.15, 0.2) is 18.2 Å². The van der Waals surface area contributed by atoms with Crippen LogP contribution in [0.4, 0.5) is 17.6 Å². The zero-order valence-corrected chi connectivity index (χ0v) is 7.08. The maximum atomic E-state index is 12.2. The third-order valence-electron chi connectivity index (χ3n) is 1.56. The van der Waals surface area contributed by atoms with Crippen molar-refractivity contribution in [3.8, 4) is 0 Å². The molecule has 1 aromatic rings. The van der Waals surface area contributed by atoms with E-state index in [0.717, 1.165) is 12.1 Å². The van der Waals surface area contributed by atoms with Crippen LogP contribution >= 0.6 is 11.6 Å². The topological polar surface area (TPSA) is 0 Å². The predicted molar refractivity (Wildman–Crippen MR) is 41.3 cm³/mol. The first-order valence-corrected chi connectivity index (χ1v) is 3.75. The molecule has 0 saturated carbocycles. The first-order chi connectivity index (χ1) is 5.96. The van der Waals surface area contributed by atoms with Gasteiger partial charge >= 0.3 is 6.18 Å². The van der Waals surface area contributed by atoms with E-state index in [1.165, 1.54) is 6.07 Å². The molecule has 0 aliphatic heterocycles. The summed E-state index contributed by atoms with van der Waals surface area (Å²) in [6.07, 6.45) is -4.55. The van der Waals surface area contributed by atoms with Crippen molar-refractivity contribution >= 4 is 11.6 Å². The Morgan fingerprint density at radius 1 is 1.23 bits per heavy atom. The van der Waals surface area contributed by atoms with Crippen molar-refractivity contribution < 1.29 is 17.6 Å². The molecule has 0 fully saturated rings. The van der Waals surface area contributed by atoms with E-state index >= 15 is 0 Å². The summed E-state index contributed by atoms with van der Waals surface area (Å²) in [6, 6.07) is 3.18. The minimum absolute atomic E-state index is 0.197. The molecule has 0 heterocycles. The molecule has 0 aliphatic carbocycles. The van der Waals surface area contributed by atoms with Crippen LogP contribution in [0.5, 0.6) is 0 Å². The molecule has 72 valence electrons. The fourth-order valence-electron chi connectivity index (χ4n) is 0.960. The molecule has 0 atom stereocenters. The Hall–Kier alpha value is -0.770. The fourth-order valence-corrected chi connectivity index (χ4v) is 1.19. The van der Waals surface area contributed by atoms with Crippen LogP contribution in [-0.2, 0) is 12.9 Å². The predicted octanol–water partition coefficient (Wildman–Crippen LogP) is 3.83. The maximum Gasteiger partial charge on any atom is 0.416 e. The summed E-state index contributed by atoms with van der Waals surface area (Å²) in [5.41, 5.74) is -1.51. The zero-order chi connectivity index (χ0) is 10.1. The highest BCUT2D eigenvalue weighted by molar-refractivity contribution is 6.31. The van der Waals surface area contributed by atoms with Crippen LogP contribution in [0.1, 0.15) is 11.1 Å². The number of alkyl halides is 4. The number of hydrogen-bond acceptors (Lipinski definition) is 0. The van der Waals surface area contributed by atoms with Crippen molar-refractivity contribution in [2.45, 2.75) is 12.9 Å². The molecular formula is C8H5ClF4. The van der Waals surface area contributed by atoms with Crippen molar-refractivity contribution in [1.82, 2.24) is 0 Å². The van der Waals surface area contributed by atoms with Crippen LogP contribution in [0, 0.1) is 0 Å². The monoisotopic (exact) mass is 212 g/mol. The van der Waals surface area contributed by atoms with Crippen LogP contribution in [0.2, 0.25) is 5.02 Å². The quantitative estimate of drug-likeness (QED) is 0.621. The molecule has 0 amide bonds. The summed E-state index contributed by atoms with van der Waals surface area (Å²) >= 11 is 5.40. The third-order valence-corrected chi connectivity index (χ3v) is 1.91. The second-order valence-electron chi connectivity index (χ2n) is 2.40. The van der Waals surface area contributed by atoms with Crippen LogP contribution in [0.25, 0.3) is 0 Å². The SMILES string of the molecule is FCc1c(Cl)cccc1C(F)(F)F. The molecule has 0 nitrogen and oxygen atoms in total. The van der Waals surface area contributed by atoms with E-state index in [1.54, 1.807) is 0 Å². The van der Waals surface area contributed by atoms with Crippen molar-refractivity contribution in [1.29, 1.82) is 0 Å². The average Bonchev–Trinajstić information content (AvgIpc) is 2.02. The van der Waals surface area contributed by atoms with Crippen molar-refractivity contribution in [2.75, 3.05) is 0 Å². The summed E-state index contributed by atoms with van der Waals surface area (Å²) in [5.74, 6) is 0. The van der Waals surface area contributed by atoms with E-state index in [0.29, 0.717) is 0 Å². The number of rotatable bonds is 1. The minimum Gasteiger partial charge on any atom is -0.246 e. The summed E-state index contributed by atoms with van der Waals surface area (Å²) in [4.78, 5) is 0. The van der Waals surface area contributed by atoms with Gasteiger partial charge < -0.3 is 0 Å².